The summed E-state index contributed by atoms with van der Waals surface area (Å²) in [7, 11) is 3.88. The molecule has 2 aromatic carbocycles. The van der Waals surface area contributed by atoms with Gasteiger partial charge >= 0.3 is 0 Å². The molecule has 6 heteroatoms. The number of carbonyl (C=O) groups excluding carboxylic acids is 1. The predicted octanol–water partition coefficient (Wildman–Crippen LogP) is 5.71. The molecule has 156 valence electrons. The van der Waals surface area contributed by atoms with Gasteiger partial charge in [-0.2, -0.15) is 0 Å². The minimum atomic E-state index is -0.356. The Bertz CT molecular complexity index is 861. The number of amides is 1. The van der Waals surface area contributed by atoms with Crippen LogP contribution < -0.4 is 0 Å². The van der Waals surface area contributed by atoms with Crippen molar-refractivity contribution in [3.05, 3.63) is 69.5 Å². The van der Waals surface area contributed by atoms with E-state index < -0.39 is 0 Å². The van der Waals surface area contributed by atoms with Crippen LogP contribution in [0.3, 0.4) is 0 Å². The Morgan fingerprint density at radius 3 is 2.38 bits per heavy atom. The number of carbonyl (C=O) groups is 1. The van der Waals surface area contributed by atoms with Crippen molar-refractivity contribution in [1.82, 2.24) is 9.80 Å². The maximum atomic E-state index is 14.0. The average Bonchev–Trinajstić information content (AvgIpc) is 2.68. The Labute approximate surface area is 182 Å². The van der Waals surface area contributed by atoms with E-state index in [-0.39, 0.29) is 23.2 Å². The van der Waals surface area contributed by atoms with Gasteiger partial charge in [0.1, 0.15) is 5.82 Å². The molecule has 0 spiro atoms. The van der Waals surface area contributed by atoms with Crippen molar-refractivity contribution in [2.45, 2.75) is 37.6 Å². The number of piperidine rings is 1. The minimum Gasteiger partial charge on any atom is -0.339 e. The largest absolute Gasteiger partial charge is 0.339 e. The van der Waals surface area contributed by atoms with Gasteiger partial charge in [-0.05, 0) is 81.4 Å². The van der Waals surface area contributed by atoms with Crippen molar-refractivity contribution in [3.63, 3.8) is 0 Å². The van der Waals surface area contributed by atoms with Crippen molar-refractivity contribution in [2.24, 2.45) is 0 Å². The molecule has 1 aliphatic heterocycles. The fourth-order valence-electron chi connectivity index (χ4n) is 4.10. The van der Waals surface area contributed by atoms with Crippen LogP contribution in [-0.4, -0.2) is 42.9 Å². The molecular weight excluding hydrogens is 410 g/mol. The Kier molecular flexibility index (Phi) is 6.87. The molecule has 0 aromatic heterocycles. The summed E-state index contributed by atoms with van der Waals surface area (Å²) >= 11 is 12.3. The molecule has 1 heterocycles. The summed E-state index contributed by atoms with van der Waals surface area (Å²) in [4.78, 5) is 17.3. The van der Waals surface area contributed by atoms with Gasteiger partial charge in [0.25, 0.3) is 0 Å². The third-order valence-electron chi connectivity index (χ3n) is 6.21. The monoisotopic (exact) mass is 436 g/mol. The number of rotatable bonds is 5. The van der Waals surface area contributed by atoms with Crippen molar-refractivity contribution >= 4 is 29.1 Å². The Hall–Kier alpha value is -1.62. The first-order valence-corrected chi connectivity index (χ1v) is 10.6. The molecule has 1 aliphatic rings. The first-order valence-electron chi connectivity index (χ1n) is 9.86. The number of benzene rings is 2. The predicted molar refractivity (Wildman–Crippen MR) is 117 cm³/mol. The topological polar surface area (TPSA) is 23.6 Å². The smallest absolute Gasteiger partial charge is 0.223 e. The van der Waals surface area contributed by atoms with Gasteiger partial charge in [0.2, 0.25) is 5.91 Å². The molecule has 1 fully saturated rings. The van der Waals surface area contributed by atoms with Gasteiger partial charge in [0.05, 0.1) is 6.04 Å². The molecule has 0 N–H and O–H groups in total. The van der Waals surface area contributed by atoms with Gasteiger partial charge in [-0.1, -0.05) is 35.3 Å². The third kappa shape index (κ3) is 5.11. The second-order valence-corrected chi connectivity index (χ2v) is 9.03. The molecular formula is C23H27Cl2FN2O. The fourth-order valence-corrected chi connectivity index (χ4v) is 4.65. The second-order valence-electron chi connectivity index (χ2n) is 8.15. The molecule has 0 bridgehead atoms. The standard InChI is InChI=1S/C23H27Cl2FN2O/c1-16(17-11-19(24)14-20(25)12-17)28(3)22(29)15-23(7-9-27(2)10-8-23)18-5-4-6-21(26)13-18/h4-6,11-14,16H,7-10,15H2,1-3H3. The number of nitrogens with zero attached hydrogens (tertiary/aromatic N) is 2. The van der Waals surface area contributed by atoms with Crippen LogP contribution in [-0.2, 0) is 10.2 Å². The summed E-state index contributed by atoms with van der Waals surface area (Å²) < 4.78 is 14.0. The Morgan fingerprint density at radius 1 is 1.17 bits per heavy atom. The van der Waals surface area contributed by atoms with E-state index in [4.69, 9.17) is 23.2 Å². The Morgan fingerprint density at radius 2 is 1.79 bits per heavy atom. The lowest BCUT2D eigenvalue weighted by atomic mass is 9.70. The zero-order chi connectivity index (χ0) is 21.2. The quantitative estimate of drug-likeness (QED) is 0.599. The van der Waals surface area contributed by atoms with Gasteiger partial charge in [0.15, 0.2) is 0 Å². The molecule has 1 unspecified atom stereocenters. The molecule has 0 radical (unpaired) electrons. The van der Waals surface area contributed by atoms with E-state index in [9.17, 15) is 9.18 Å². The zero-order valence-electron chi connectivity index (χ0n) is 17.1. The fraction of sp³-hybridized carbons (Fsp3) is 0.435. The molecule has 2 aromatic rings. The SMILES string of the molecule is CC(c1cc(Cl)cc(Cl)c1)N(C)C(=O)CC1(c2cccc(F)c2)CCN(C)CC1. The highest BCUT2D eigenvalue weighted by Gasteiger charge is 2.39. The van der Waals surface area contributed by atoms with Crippen LogP contribution in [0.1, 0.15) is 43.4 Å². The normalized spacial score (nSPS) is 17.7. The van der Waals surface area contributed by atoms with E-state index >= 15 is 0 Å². The van der Waals surface area contributed by atoms with Crippen LogP contribution in [0.25, 0.3) is 0 Å². The molecule has 0 saturated carbocycles. The molecule has 3 nitrogen and oxygen atoms in total. The van der Waals surface area contributed by atoms with Crippen molar-refractivity contribution in [3.8, 4) is 0 Å². The van der Waals surface area contributed by atoms with Crippen molar-refractivity contribution < 1.29 is 9.18 Å². The highest BCUT2D eigenvalue weighted by Crippen LogP contribution is 2.40. The maximum absolute atomic E-state index is 14.0. The third-order valence-corrected chi connectivity index (χ3v) is 6.65. The maximum Gasteiger partial charge on any atom is 0.223 e. The van der Waals surface area contributed by atoms with Crippen molar-refractivity contribution in [1.29, 1.82) is 0 Å². The number of halogens is 3. The Balaban J connectivity index is 1.84. The van der Waals surface area contributed by atoms with Crippen LogP contribution in [0.5, 0.6) is 0 Å². The summed E-state index contributed by atoms with van der Waals surface area (Å²) in [6.45, 7) is 3.73. The molecule has 1 atom stereocenters. The summed E-state index contributed by atoms with van der Waals surface area (Å²) in [5, 5.41) is 1.10. The van der Waals surface area contributed by atoms with E-state index in [1.807, 2.05) is 25.1 Å². The van der Waals surface area contributed by atoms with Crippen molar-refractivity contribution in [2.75, 3.05) is 27.2 Å². The molecule has 1 saturated heterocycles. The van der Waals surface area contributed by atoms with Gasteiger partial charge in [0, 0.05) is 28.9 Å². The first kappa shape index (κ1) is 22.1. The van der Waals surface area contributed by atoms with E-state index in [1.165, 1.54) is 6.07 Å². The summed E-state index contributed by atoms with van der Waals surface area (Å²) in [6, 6.07) is 11.9. The summed E-state index contributed by atoms with van der Waals surface area (Å²) in [5.41, 5.74) is 1.44. The van der Waals surface area contributed by atoms with E-state index in [2.05, 4.69) is 11.9 Å². The number of hydrogen-bond donors (Lipinski definition) is 0. The van der Waals surface area contributed by atoms with E-state index in [0.29, 0.717) is 16.5 Å². The van der Waals surface area contributed by atoms with Gasteiger partial charge in [-0.3, -0.25) is 4.79 Å². The van der Waals surface area contributed by atoms with Gasteiger partial charge in [-0.25, -0.2) is 4.39 Å². The lowest BCUT2D eigenvalue weighted by Crippen LogP contribution is -2.44. The number of hydrogen-bond acceptors (Lipinski definition) is 2. The van der Waals surface area contributed by atoms with Gasteiger partial charge < -0.3 is 9.80 Å². The first-order chi connectivity index (χ1) is 13.7. The van der Waals surface area contributed by atoms with E-state index in [1.54, 1.807) is 30.1 Å². The average molecular weight is 437 g/mol. The molecule has 0 aliphatic carbocycles. The number of likely N-dealkylation sites (tertiary alicyclic amines) is 1. The van der Waals surface area contributed by atoms with Crippen LogP contribution in [0.15, 0.2) is 42.5 Å². The lowest BCUT2D eigenvalue weighted by molar-refractivity contribution is -0.133. The zero-order valence-corrected chi connectivity index (χ0v) is 18.6. The van der Waals surface area contributed by atoms with E-state index in [0.717, 1.165) is 37.1 Å². The second kappa shape index (κ2) is 9.03. The van der Waals surface area contributed by atoms with Crippen LogP contribution in [0.4, 0.5) is 4.39 Å². The van der Waals surface area contributed by atoms with Crippen LogP contribution in [0, 0.1) is 5.82 Å². The highest BCUT2D eigenvalue weighted by molar-refractivity contribution is 6.34. The molecule has 1 amide bonds. The highest BCUT2D eigenvalue weighted by atomic mass is 35.5. The van der Waals surface area contributed by atoms with Crippen LogP contribution in [0.2, 0.25) is 10.0 Å². The molecule has 3 rings (SSSR count). The molecule has 29 heavy (non-hydrogen) atoms. The van der Waals surface area contributed by atoms with Crippen LogP contribution >= 0.6 is 23.2 Å². The summed E-state index contributed by atoms with van der Waals surface area (Å²) in [6.07, 6.45) is 1.99. The lowest BCUT2D eigenvalue weighted by Gasteiger charge is -2.42. The summed E-state index contributed by atoms with van der Waals surface area (Å²) in [5.74, 6) is -0.231. The minimum absolute atomic E-state index is 0.0300. The van der Waals surface area contributed by atoms with Gasteiger partial charge in [-0.15, -0.1) is 0 Å².